The predicted octanol–water partition coefficient (Wildman–Crippen LogP) is 3.54. The van der Waals surface area contributed by atoms with E-state index in [2.05, 4.69) is 18.8 Å². The maximum atomic E-state index is 5.42. The van der Waals surface area contributed by atoms with Crippen LogP contribution in [0.3, 0.4) is 0 Å². The van der Waals surface area contributed by atoms with Crippen molar-refractivity contribution >= 4 is 0 Å². The van der Waals surface area contributed by atoms with Gasteiger partial charge >= 0.3 is 0 Å². The molecule has 0 bridgehead atoms. The Morgan fingerprint density at radius 2 is 1.93 bits per heavy atom. The van der Waals surface area contributed by atoms with Crippen molar-refractivity contribution in [3.05, 3.63) is 42.5 Å². The highest BCUT2D eigenvalue weighted by atomic mass is 16.3. The third-order valence-corrected chi connectivity index (χ3v) is 2.20. The molecule has 0 saturated carbocycles. The molecular formula is C13H15NO. The highest BCUT2D eigenvalue weighted by molar-refractivity contribution is 5.57. The van der Waals surface area contributed by atoms with E-state index >= 15 is 0 Å². The summed E-state index contributed by atoms with van der Waals surface area (Å²) in [7, 11) is 0. The minimum absolute atomic E-state index is 0.576. The summed E-state index contributed by atoms with van der Waals surface area (Å²) in [5.74, 6) is 1.40. The predicted molar refractivity (Wildman–Crippen MR) is 60.5 cm³/mol. The minimum Gasteiger partial charge on any atom is -0.448 e. The summed E-state index contributed by atoms with van der Waals surface area (Å²) in [6.45, 7) is 4.32. The van der Waals surface area contributed by atoms with Gasteiger partial charge in [0.15, 0.2) is 5.89 Å². The number of hydrogen-bond donors (Lipinski definition) is 0. The normalized spacial score (nSPS) is 10.9. The van der Waals surface area contributed by atoms with Crippen LogP contribution in [0.25, 0.3) is 11.3 Å². The summed E-state index contributed by atoms with van der Waals surface area (Å²) in [6, 6.07) is 10.1. The monoisotopic (exact) mass is 201 g/mol. The van der Waals surface area contributed by atoms with Crippen LogP contribution in [0.5, 0.6) is 0 Å². The van der Waals surface area contributed by atoms with Crippen molar-refractivity contribution in [1.29, 1.82) is 0 Å². The van der Waals surface area contributed by atoms with E-state index in [4.69, 9.17) is 4.42 Å². The Morgan fingerprint density at radius 3 is 2.60 bits per heavy atom. The smallest absolute Gasteiger partial charge is 0.194 e. The molecule has 0 aliphatic heterocycles. The topological polar surface area (TPSA) is 26.0 Å². The zero-order valence-electron chi connectivity index (χ0n) is 9.10. The van der Waals surface area contributed by atoms with E-state index in [0.717, 1.165) is 23.6 Å². The van der Waals surface area contributed by atoms with Crippen molar-refractivity contribution in [2.75, 3.05) is 0 Å². The molecule has 0 aliphatic carbocycles. The van der Waals surface area contributed by atoms with Crippen molar-refractivity contribution in [3.8, 4) is 11.3 Å². The first kappa shape index (κ1) is 9.97. The van der Waals surface area contributed by atoms with Crippen molar-refractivity contribution in [1.82, 2.24) is 4.98 Å². The lowest BCUT2D eigenvalue weighted by atomic mass is 10.1. The molecule has 0 aliphatic rings. The van der Waals surface area contributed by atoms with E-state index in [-0.39, 0.29) is 0 Å². The molecule has 2 heteroatoms. The summed E-state index contributed by atoms with van der Waals surface area (Å²) in [5.41, 5.74) is 2.03. The van der Waals surface area contributed by atoms with Crippen LogP contribution in [0.2, 0.25) is 0 Å². The van der Waals surface area contributed by atoms with Crippen molar-refractivity contribution < 1.29 is 4.42 Å². The Morgan fingerprint density at radius 1 is 1.20 bits per heavy atom. The van der Waals surface area contributed by atoms with Gasteiger partial charge in [0.25, 0.3) is 0 Å². The maximum absolute atomic E-state index is 5.42. The lowest BCUT2D eigenvalue weighted by Crippen LogP contribution is -1.93. The van der Waals surface area contributed by atoms with Crippen LogP contribution in [-0.2, 0) is 6.42 Å². The van der Waals surface area contributed by atoms with E-state index in [0.29, 0.717) is 5.92 Å². The molecule has 15 heavy (non-hydrogen) atoms. The highest BCUT2D eigenvalue weighted by Crippen LogP contribution is 2.19. The number of oxazole rings is 1. The molecule has 1 aromatic heterocycles. The number of aromatic nitrogens is 1. The second kappa shape index (κ2) is 4.30. The molecule has 2 aromatic rings. The Labute approximate surface area is 90.0 Å². The molecule has 0 fully saturated rings. The van der Waals surface area contributed by atoms with Crippen molar-refractivity contribution in [3.63, 3.8) is 0 Å². The summed E-state index contributed by atoms with van der Waals surface area (Å²) in [4.78, 5) is 4.45. The van der Waals surface area contributed by atoms with Gasteiger partial charge in [0.2, 0.25) is 0 Å². The Kier molecular flexibility index (Phi) is 2.86. The Bertz CT molecular complexity index is 417. The quantitative estimate of drug-likeness (QED) is 0.759. The standard InChI is InChI=1S/C13H15NO/c1-10(2)8-13-14-12(9-15-13)11-6-4-3-5-7-11/h3-7,9-10H,8H2,1-2H3. The van der Waals surface area contributed by atoms with Crippen LogP contribution in [0.15, 0.2) is 41.0 Å². The second-order valence-electron chi connectivity index (χ2n) is 4.09. The summed E-state index contributed by atoms with van der Waals surface area (Å²) < 4.78 is 5.42. The third-order valence-electron chi connectivity index (χ3n) is 2.20. The van der Waals surface area contributed by atoms with Gasteiger partial charge < -0.3 is 4.42 Å². The molecule has 0 N–H and O–H groups in total. The van der Waals surface area contributed by atoms with Crippen LogP contribution < -0.4 is 0 Å². The van der Waals surface area contributed by atoms with Crippen LogP contribution >= 0.6 is 0 Å². The fourth-order valence-electron chi connectivity index (χ4n) is 1.50. The van der Waals surface area contributed by atoms with E-state index in [1.54, 1.807) is 6.26 Å². The minimum atomic E-state index is 0.576. The number of nitrogens with zero attached hydrogens (tertiary/aromatic N) is 1. The number of benzene rings is 1. The van der Waals surface area contributed by atoms with E-state index in [1.807, 2.05) is 30.3 Å². The molecule has 0 atom stereocenters. The molecule has 0 unspecified atom stereocenters. The van der Waals surface area contributed by atoms with Gasteiger partial charge in [-0.2, -0.15) is 0 Å². The van der Waals surface area contributed by atoms with E-state index in [9.17, 15) is 0 Å². The van der Waals surface area contributed by atoms with E-state index in [1.165, 1.54) is 0 Å². The van der Waals surface area contributed by atoms with Crippen molar-refractivity contribution in [2.45, 2.75) is 20.3 Å². The molecule has 2 rings (SSSR count). The SMILES string of the molecule is CC(C)Cc1nc(-c2ccccc2)co1. The maximum Gasteiger partial charge on any atom is 0.194 e. The molecule has 1 aromatic carbocycles. The third kappa shape index (κ3) is 2.46. The van der Waals surface area contributed by atoms with Crippen LogP contribution in [0, 0.1) is 5.92 Å². The fourth-order valence-corrected chi connectivity index (χ4v) is 1.50. The molecule has 0 radical (unpaired) electrons. The summed E-state index contributed by atoms with van der Waals surface area (Å²) in [6.07, 6.45) is 2.62. The lowest BCUT2D eigenvalue weighted by Gasteiger charge is -1.97. The Balaban J connectivity index is 2.21. The van der Waals surface area contributed by atoms with Crippen LogP contribution in [0.1, 0.15) is 19.7 Å². The lowest BCUT2D eigenvalue weighted by molar-refractivity contribution is 0.458. The molecule has 0 spiro atoms. The average Bonchev–Trinajstić information content (AvgIpc) is 2.67. The number of rotatable bonds is 3. The van der Waals surface area contributed by atoms with Gasteiger partial charge in [-0.15, -0.1) is 0 Å². The van der Waals surface area contributed by atoms with Crippen LogP contribution in [-0.4, -0.2) is 4.98 Å². The van der Waals surface area contributed by atoms with Crippen molar-refractivity contribution in [2.24, 2.45) is 5.92 Å². The zero-order valence-corrected chi connectivity index (χ0v) is 9.10. The van der Waals surface area contributed by atoms with Gasteiger partial charge in [-0.1, -0.05) is 44.2 Å². The first-order chi connectivity index (χ1) is 7.25. The fraction of sp³-hybridized carbons (Fsp3) is 0.308. The van der Waals surface area contributed by atoms with Gasteiger partial charge in [-0.3, -0.25) is 0 Å². The Hall–Kier alpha value is -1.57. The first-order valence-electron chi connectivity index (χ1n) is 5.25. The van der Waals surface area contributed by atoms with E-state index < -0.39 is 0 Å². The second-order valence-corrected chi connectivity index (χ2v) is 4.09. The molecule has 1 heterocycles. The van der Waals surface area contributed by atoms with Gasteiger partial charge in [0.1, 0.15) is 12.0 Å². The molecule has 0 saturated heterocycles. The van der Waals surface area contributed by atoms with Gasteiger partial charge in [0, 0.05) is 12.0 Å². The molecular weight excluding hydrogens is 186 g/mol. The zero-order chi connectivity index (χ0) is 10.7. The average molecular weight is 201 g/mol. The summed E-state index contributed by atoms with van der Waals surface area (Å²) >= 11 is 0. The first-order valence-corrected chi connectivity index (χ1v) is 5.25. The largest absolute Gasteiger partial charge is 0.448 e. The van der Waals surface area contributed by atoms with Gasteiger partial charge in [-0.25, -0.2) is 4.98 Å². The van der Waals surface area contributed by atoms with Gasteiger partial charge in [0.05, 0.1) is 0 Å². The molecule has 0 amide bonds. The molecule has 2 nitrogen and oxygen atoms in total. The van der Waals surface area contributed by atoms with Gasteiger partial charge in [-0.05, 0) is 5.92 Å². The van der Waals surface area contributed by atoms with Crippen LogP contribution in [0.4, 0.5) is 0 Å². The number of hydrogen-bond acceptors (Lipinski definition) is 2. The molecule has 78 valence electrons. The highest BCUT2D eigenvalue weighted by Gasteiger charge is 2.06. The summed E-state index contributed by atoms with van der Waals surface area (Å²) in [5, 5.41) is 0.